The van der Waals surface area contributed by atoms with E-state index in [2.05, 4.69) is 4.72 Å². The normalized spacial score (nSPS) is 11.5. The topological polar surface area (TPSA) is 55.4 Å². The predicted molar refractivity (Wildman–Crippen MR) is 88.2 cm³/mol. The smallest absolute Gasteiger partial charge is 0.241 e. The lowest BCUT2D eigenvalue weighted by molar-refractivity contribution is 0.146. The van der Waals surface area contributed by atoms with Crippen molar-refractivity contribution < 1.29 is 13.2 Å². The van der Waals surface area contributed by atoms with Crippen molar-refractivity contribution in [3.05, 3.63) is 54.6 Å². The maximum atomic E-state index is 12.5. The zero-order chi connectivity index (χ0) is 15.8. The van der Waals surface area contributed by atoms with Crippen molar-refractivity contribution in [1.82, 2.24) is 4.72 Å². The number of hydrogen-bond acceptors (Lipinski definition) is 3. The molecule has 5 heteroatoms. The molecule has 2 aromatic carbocycles. The fraction of sp³-hybridized carbons (Fsp3) is 0.294. The molecule has 0 aliphatic rings. The number of nitrogens with one attached hydrogen (secondary N) is 1. The van der Waals surface area contributed by atoms with Crippen LogP contribution in [-0.2, 0) is 14.8 Å². The first-order valence-electron chi connectivity index (χ1n) is 7.37. The highest BCUT2D eigenvalue weighted by atomic mass is 32.2. The molecule has 118 valence electrons. The van der Waals surface area contributed by atoms with Crippen molar-refractivity contribution in [1.29, 1.82) is 0 Å². The lowest BCUT2D eigenvalue weighted by Gasteiger charge is -2.11. The molecule has 0 bridgehead atoms. The first kappa shape index (κ1) is 16.7. The minimum Gasteiger partial charge on any atom is -0.382 e. The van der Waals surface area contributed by atoms with Gasteiger partial charge >= 0.3 is 0 Å². The van der Waals surface area contributed by atoms with E-state index < -0.39 is 10.0 Å². The summed E-state index contributed by atoms with van der Waals surface area (Å²) in [6.45, 7) is 3.48. The summed E-state index contributed by atoms with van der Waals surface area (Å²) < 4.78 is 32.9. The van der Waals surface area contributed by atoms with Gasteiger partial charge in [-0.2, -0.15) is 0 Å². The van der Waals surface area contributed by atoms with Crippen molar-refractivity contribution in [3.63, 3.8) is 0 Å². The summed E-state index contributed by atoms with van der Waals surface area (Å²) >= 11 is 0. The highest BCUT2D eigenvalue weighted by molar-refractivity contribution is 7.89. The van der Waals surface area contributed by atoms with Crippen molar-refractivity contribution in [2.75, 3.05) is 19.8 Å². The average molecular weight is 319 g/mol. The first-order valence-corrected chi connectivity index (χ1v) is 8.85. The van der Waals surface area contributed by atoms with Crippen LogP contribution in [0, 0.1) is 0 Å². The zero-order valence-corrected chi connectivity index (χ0v) is 13.5. The lowest BCUT2D eigenvalue weighted by Crippen LogP contribution is -2.26. The Kier molecular flexibility index (Phi) is 6.12. The molecule has 4 nitrogen and oxygen atoms in total. The van der Waals surface area contributed by atoms with Gasteiger partial charge in [-0.05, 0) is 25.0 Å². The Hall–Kier alpha value is -1.69. The van der Waals surface area contributed by atoms with Crippen LogP contribution in [0.5, 0.6) is 0 Å². The second kappa shape index (κ2) is 8.08. The number of rotatable bonds is 8. The van der Waals surface area contributed by atoms with E-state index in [1.54, 1.807) is 12.1 Å². The standard InChI is InChI=1S/C17H21NO3S/c1-2-21-14-8-13-18-22(19,20)17-12-7-6-11-16(17)15-9-4-3-5-10-15/h3-7,9-12,18H,2,8,13-14H2,1H3. The van der Waals surface area contributed by atoms with Crippen LogP contribution >= 0.6 is 0 Å². The molecule has 0 spiro atoms. The fourth-order valence-electron chi connectivity index (χ4n) is 2.16. The van der Waals surface area contributed by atoms with Crippen molar-refractivity contribution in [2.45, 2.75) is 18.2 Å². The zero-order valence-electron chi connectivity index (χ0n) is 12.7. The molecule has 22 heavy (non-hydrogen) atoms. The summed E-state index contributed by atoms with van der Waals surface area (Å²) in [4.78, 5) is 0.303. The number of hydrogen-bond donors (Lipinski definition) is 1. The summed E-state index contributed by atoms with van der Waals surface area (Å²) in [6, 6.07) is 16.6. The van der Waals surface area contributed by atoms with Gasteiger partial charge < -0.3 is 4.74 Å². The third-order valence-corrected chi connectivity index (χ3v) is 4.74. The van der Waals surface area contributed by atoms with Crippen LogP contribution in [0.1, 0.15) is 13.3 Å². The Balaban J connectivity index is 2.18. The average Bonchev–Trinajstić information content (AvgIpc) is 2.55. The Morgan fingerprint density at radius 1 is 1.00 bits per heavy atom. The summed E-state index contributed by atoms with van der Waals surface area (Å²) in [6.07, 6.45) is 0.653. The molecule has 0 radical (unpaired) electrons. The Morgan fingerprint density at radius 3 is 2.41 bits per heavy atom. The van der Waals surface area contributed by atoms with Gasteiger partial charge in [-0.3, -0.25) is 0 Å². The summed E-state index contributed by atoms with van der Waals surface area (Å²) in [5.41, 5.74) is 1.60. The van der Waals surface area contributed by atoms with E-state index in [0.29, 0.717) is 36.6 Å². The first-order chi connectivity index (χ1) is 10.6. The highest BCUT2D eigenvalue weighted by Gasteiger charge is 2.18. The molecule has 0 atom stereocenters. The predicted octanol–water partition coefficient (Wildman–Crippen LogP) is 3.06. The van der Waals surface area contributed by atoms with Gasteiger partial charge in [-0.15, -0.1) is 0 Å². The van der Waals surface area contributed by atoms with Crippen LogP contribution in [0.25, 0.3) is 11.1 Å². The third kappa shape index (κ3) is 4.40. The van der Waals surface area contributed by atoms with Gasteiger partial charge in [-0.1, -0.05) is 48.5 Å². The molecular formula is C17H21NO3S. The molecule has 0 heterocycles. The molecule has 0 aliphatic heterocycles. The van der Waals surface area contributed by atoms with E-state index in [1.165, 1.54) is 0 Å². The quantitative estimate of drug-likeness (QED) is 0.761. The van der Waals surface area contributed by atoms with Gasteiger partial charge in [-0.25, -0.2) is 13.1 Å². The molecule has 0 unspecified atom stereocenters. The molecule has 0 saturated carbocycles. The van der Waals surface area contributed by atoms with Gasteiger partial charge in [0.1, 0.15) is 0 Å². The molecule has 2 aromatic rings. The Morgan fingerprint density at radius 2 is 1.68 bits per heavy atom. The van der Waals surface area contributed by atoms with E-state index in [-0.39, 0.29) is 0 Å². The third-order valence-electron chi connectivity index (χ3n) is 3.22. The lowest BCUT2D eigenvalue weighted by atomic mass is 10.1. The number of ether oxygens (including phenoxy) is 1. The van der Waals surface area contributed by atoms with Gasteiger partial charge in [0.15, 0.2) is 0 Å². The van der Waals surface area contributed by atoms with E-state index in [4.69, 9.17) is 4.74 Å². The molecule has 0 saturated heterocycles. The SMILES string of the molecule is CCOCCCNS(=O)(=O)c1ccccc1-c1ccccc1. The van der Waals surface area contributed by atoms with Crippen LogP contribution in [-0.4, -0.2) is 28.2 Å². The maximum Gasteiger partial charge on any atom is 0.241 e. The molecule has 0 aliphatic carbocycles. The van der Waals surface area contributed by atoms with Crippen LogP contribution in [0.2, 0.25) is 0 Å². The van der Waals surface area contributed by atoms with Gasteiger partial charge in [0.25, 0.3) is 0 Å². The molecule has 1 N–H and O–H groups in total. The monoisotopic (exact) mass is 319 g/mol. The van der Waals surface area contributed by atoms with Gasteiger partial charge in [0.2, 0.25) is 10.0 Å². The minimum absolute atomic E-state index is 0.303. The summed E-state index contributed by atoms with van der Waals surface area (Å²) in [5, 5.41) is 0. The number of benzene rings is 2. The minimum atomic E-state index is -3.53. The van der Waals surface area contributed by atoms with E-state index in [0.717, 1.165) is 5.56 Å². The number of sulfonamides is 1. The largest absolute Gasteiger partial charge is 0.382 e. The molecule has 2 rings (SSSR count). The molecule has 0 amide bonds. The highest BCUT2D eigenvalue weighted by Crippen LogP contribution is 2.26. The Bertz CT molecular complexity index is 684. The second-order valence-electron chi connectivity index (χ2n) is 4.81. The van der Waals surface area contributed by atoms with E-state index in [9.17, 15) is 8.42 Å². The maximum absolute atomic E-state index is 12.5. The van der Waals surface area contributed by atoms with Gasteiger partial charge in [0.05, 0.1) is 4.90 Å². The van der Waals surface area contributed by atoms with Crippen LogP contribution in [0.3, 0.4) is 0 Å². The molecule has 0 aromatic heterocycles. The Labute approximate surface area is 132 Å². The summed E-state index contributed by atoms with van der Waals surface area (Å²) in [5.74, 6) is 0. The van der Waals surface area contributed by atoms with Crippen LogP contribution in [0.4, 0.5) is 0 Å². The second-order valence-corrected chi connectivity index (χ2v) is 6.55. The van der Waals surface area contributed by atoms with E-state index >= 15 is 0 Å². The molecular weight excluding hydrogens is 298 g/mol. The van der Waals surface area contributed by atoms with Crippen LogP contribution in [0.15, 0.2) is 59.5 Å². The van der Waals surface area contributed by atoms with Crippen molar-refractivity contribution >= 4 is 10.0 Å². The van der Waals surface area contributed by atoms with Crippen molar-refractivity contribution in [3.8, 4) is 11.1 Å². The van der Waals surface area contributed by atoms with Crippen molar-refractivity contribution in [2.24, 2.45) is 0 Å². The molecule has 0 fully saturated rings. The fourth-order valence-corrected chi connectivity index (χ4v) is 3.46. The van der Waals surface area contributed by atoms with E-state index in [1.807, 2.05) is 49.4 Å². The summed E-state index contributed by atoms with van der Waals surface area (Å²) in [7, 11) is -3.53. The van der Waals surface area contributed by atoms with Gasteiger partial charge in [0, 0.05) is 25.3 Å². The van der Waals surface area contributed by atoms with Crippen LogP contribution < -0.4 is 4.72 Å².